The largest absolute Gasteiger partial charge is 0.377 e. The highest BCUT2D eigenvalue weighted by molar-refractivity contribution is 6.32. The Morgan fingerprint density at radius 1 is 1.57 bits per heavy atom. The Morgan fingerprint density at radius 3 is 2.90 bits per heavy atom. The lowest BCUT2D eigenvalue weighted by Crippen LogP contribution is -2.54. The molecule has 2 rings (SSSR count). The SMILES string of the molecule is NC(=O)C1COCCN1C(=O)c1cc([N+](=O)[O-])cnc1Cl. The molecule has 0 saturated carbocycles. The van der Waals surface area contributed by atoms with Crippen molar-refractivity contribution < 1.29 is 19.2 Å². The zero-order chi connectivity index (χ0) is 15.6. The van der Waals surface area contributed by atoms with Gasteiger partial charge < -0.3 is 15.4 Å². The van der Waals surface area contributed by atoms with Gasteiger partial charge in [-0.1, -0.05) is 11.6 Å². The van der Waals surface area contributed by atoms with Crippen molar-refractivity contribution in [1.82, 2.24) is 9.88 Å². The number of primary amides is 1. The van der Waals surface area contributed by atoms with Crippen molar-refractivity contribution in [2.24, 2.45) is 5.73 Å². The van der Waals surface area contributed by atoms with Crippen LogP contribution in [0.25, 0.3) is 0 Å². The number of pyridine rings is 1. The summed E-state index contributed by atoms with van der Waals surface area (Å²) in [5.41, 5.74) is 4.70. The number of nitrogens with two attached hydrogens (primary N) is 1. The van der Waals surface area contributed by atoms with Gasteiger partial charge in [-0.25, -0.2) is 4.98 Å². The van der Waals surface area contributed by atoms with Crippen LogP contribution < -0.4 is 5.73 Å². The molecular formula is C11H11ClN4O5. The number of aromatic nitrogens is 1. The Bertz CT molecular complexity index is 608. The van der Waals surface area contributed by atoms with Crippen LogP contribution in [0.15, 0.2) is 12.3 Å². The van der Waals surface area contributed by atoms with Crippen LogP contribution in [0.5, 0.6) is 0 Å². The number of nitrogens with zero attached hydrogens (tertiary/aromatic N) is 3. The molecule has 1 saturated heterocycles. The molecule has 1 aliphatic rings. The zero-order valence-corrected chi connectivity index (χ0v) is 11.4. The van der Waals surface area contributed by atoms with E-state index in [1.807, 2.05) is 0 Å². The minimum Gasteiger partial charge on any atom is -0.377 e. The van der Waals surface area contributed by atoms with Gasteiger partial charge in [0.25, 0.3) is 11.6 Å². The normalized spacial score (nSPS) is 18.3. The molecule has 1 aromatic rings. The van der Waals surface area contributed by atoms with Crippen molar-refractivity contribution in [2.75, 3.05) is 19.8 Å². The van der Waals surface area contributed by atoms with Crippen molar-refractivity contribution in [1.29, 1.82) is 0 Å². The third-order valence-electron chi connectivity index (χ3n) is 2.98. The van der Waals surface area contributed by atoms with E-state index in [9.17, 15) is 19.7 Å². The second-order valence-corrected chi connectivity index (χ2v) is 4.64. The van der Waals surface area contributed by atoms with Crippen molar-refractivity contribution in [2.45, 2.75) is 6.04 Å². The van der Waals surface area contributed by atoms with E-state index in [2.05, 4.69) is 4.98 Å². The fraction of sp³-hybridized carbons (Fsp3) is 0.364. The number of morpholine rings is 1. The molecule has 10 heteroatoms. The minimum atomic E-state index is -0.943. The van der Waals surface area contributed by atoms with Gasteiger partial charge in [-0.2, -0.15) is 0 Å². The molecule has 0 aromatic carbocycles. The summed E-state index contributed by atoms with van der Waals surface area (Å²) < 4.78 is 5.10. The maximum Gasteiger partial charge on any atom is 0.288 e. The molecule has 0 spiro atoms. The topological polar surface area (TPSA) is 129 Å². The summed E-state index contributed by atoms with van der Waals surface area (Å²) in [7, 11) is 0. The fourth-order valence-corrected chi connectivity index (χ4v) is 2.11. The first-order valence-electron chi connectivity index (χ1n) is 5.89. The highest BCUT2D eigenvalue weighted by Gasteiger charge is 2.33. The summed E-state index contributed by atoms with van der Waals surface area (Å²) in [4.78, 5) is 38.6. The van der Waals surface area contributed by atoms with Gasteiger partial charge in [-0.3, -0.25) is 19.7 Å². The summed E-state index contributed by atoms with van der Waals surface area (Å²) in [5.74, 6) is -1.37. The van der Waals surface area contributed by atoms with Crippen molar-refractivity contribution in [3.05, 3.63) is 33.1 Å². The molecular weight excluding hydrogens is 304 g/mol. The van der Waals surface area contributed by atoms with Gasteiger partial charge >= 0.3 is 0 Å². The number of amides is 2. The van der Waals surface area contributed by atoms with Crippen LogP contribution in [-0.2, 0) is 9.53 Å². The van der Waals surface area contributed by atoms with Gasteiger partial charge in [0, 0.05) is 12.6 Å². The summed E-state index contributed by atoms with van der Waals surface area (Å²) >= 11 is 5.81. The van der Waals surface area contributed by atoms with E-state index in [0.717, 1.165) is 12.3 Å². The lowest BCUT2D eigenvalue weighted by Gasteiger charge is -2.33. The van der Waals surface area contributed by atoms with Gasteiger partial charge in [0.1, 0.15) is 17.4 Å². The lowest BCUT2D eigenvalue weighted by atomic mass is 10.1. The van der Waals surface area contributed by atoms with E-state index in [-0.39, 0.29) is 36.2 Å². The molecule has 9 nitrogen and oxygen atoms in total. The third kappa shape index (κ3) is 3.09. The second kappa shape index (κ2) is 6.02. The minimum absolute atomic E-state index is 0.0267. The van der Waals surface area contributed by atoms with Crippen LogP contribution in [0, 0.1) is 10.1 Å². The zero-order valence-electron chi connectivity index (χ0n) is 10.7. The molecule has 112 valence electrons. The summed E-state index contributed by atoms with van der Waals surface area (Å²) in [6.45, 7) is 0.335. The molecule has 0 bridgehead atoms. The number of hydrogen-bond acceptors (Lipinski definition) is 6. The average molecular weight is 315 g/mol. The standard InChI is InChI=1S/C11H11ClN4O5/c12-9-7(3-6(4-14-9)16(19)20)11(18)15-1-2-21-5-8(15)10(13)17/h3-4,8H,1-2,5H2,(H2,13,17). The maximum atomic E-state index is 12.4. The predicted octanol–water partition coefficient (Wildman–Crippen LogP) is -0.0305. The fourth-order valence-electron chi connectivity index (χ4n) is 1.92. The Labute approximate surface area is 123 Å². The number of carbonyl (C=O) groups is 2. The van der Waals surface area contributed by atoms with E-state index in [1.165, 1.54) is 4.90 Å². The van der Waals surface area contributed by atoms with E-state index < -0.39 is 22.8 Å². The molecule has 0 radical (unpaired) electrons. The van der Waals surface area contributed by atoms with E-state index in [1.54, 1.807) is 0 Å². The van der Waals surface area contributed by atoms with Crippen LogP contribution in [0.2, 0.25) is 5.15 Å². The van der Waals surface area contributed by atoms with Crippen molar-refractivity contribution in [3.8, 4) is 0 Å². The van der Waals surface area contributed by atoms with Gasteiger partial charge in [-0.05, 0) is 0 Å². The molecule has 21 heavy (non-hydrogen) atoms. The predicted molar refractivity (Wildman–Crippen MR) is 70.7 cm³/mol. The van der Waals surface area contributed by atoms with E-state index >= 15 is 0 Å². The quantitative estimate of drug-likeness (QED) is 0.474. The number of ether oxygens (including phenoxy) is 1. The number of rotatable bonds is 3. The monoisotopic (exact) mass is 314 g/mol. The number of hydrogen-bond donors (Lipinski definition) is 1. The first-order chi connectivity index (χ1) is 9.91. The second-order valence-electron chi connectivity index (χ2n) is 4.28. The van der Waals surface area contributed by atoms with Crippen LogP contribution in [0.3, 0.4) is 0 Å². The third-order valence-corrected chi connectivity index (χ3v) is 3.28. The number of halogens is 1. The van der Waals surface area contributed by atoms with Crippen LogP contribution in [-0.4, -0.2) is 52.4 Å². The van der Waals surface area contributed by atoms with Gasteiger partial charge in [0.15, 0.2) is 0 Å². The Kier molecular flexibility index (Phi) is 4.34. The Balaban J connectivity index is 2.36. The number of nitro groups is 1. The first-order valence-corrected chi connectivity index (χ1v) is 6.27. The summed E-state index contributed by atoms with van der Waals surface area (Å²) in [6.07, 6.45) is 0.948. The van der Waals surface area contributed by atoms with Gasteiger partial charge in [0.2, 0.25) is 5.91 Å². The average Bonchev–Trinajstić information content (AvgIpc) is 2.46. The Morgan fingerprint density at radius 2 is 2.29 bits per heavy atom. The molecule has 1 aromatic heterocycles. The van der Waals surface area contributed by atoms with Crippen molar-refractivity contribution in [3.63, 3.8) is 0 Å². The molecule has 2 heterocycles. The van der Waals surface area contributed by atoms with Crippen molar-refractivity contribution >= 4 is 29.1 Å². The molecule has 2 N–H and O–H groups in total. The van der Waals surface area contributed by atoms with Gasteiger partial charge in [0.05, 0.1) is 23.7 Å². The first kappa shape index (κ1) is 15.1. The molecule has 1 fully saturated rings. The molecule has 1 unspecified atom stereocenters. The van der Waals surface area contributed by atoms with Gasteiger partial charge in [-0.15, -0.1) is 0 Å². The van der Waals surface area contributed by atoms with E-state index in [4.69, 9.17) is 22.1 Å². The molecule has 2 amide bonds. The summed E-state index contributed by atoms with van der Waals surface area (Å²) in [6, 6.07) is 0.0760. The number of carbonyl (C=O) groups excluding carboxylic acids is 2. The van der Waals surface area contributed by atoms with Crippen LogP contribution in [0.1, 0.15) is 10.4 Å². The van der Waals surface area contributed by atoms with E-state index in [0.29, 0.717) is 0 Å². The van der Waals surface area contributed by atoms with Crippen LogP contribution >= 0.6 is 11.6 Å². The summed E-state index contributed by atoms with van der Waals surface area (Å²) in [5, 5.41) is 10.6. The molecule has 0 aliphatic carbocycles. The lowest BCUT2D eigenvalue weighted by molar-refractivity contribution is -0.385. The molecule has 1 atom stereocenters. The maximum absolute atomic E-state index is 12.4. The van der Waals surface area contributed by atoms with Crippen LogP contribution in [0.4, 0.5) is 5.69 Å². The Hall–Kier alpha value is -2.26. The highest BCUT2D eigenvalue weighted by atomic mass is 35.5. The smallest absolute Gasteiger partial charge is 0.288 e. The highest BCUT2D eigenvalue weighted by Crippen LogP contribution is 2.22. The molecule has 1 aliphatic heterocycles.